The standard InChI is InChI=1S/C19H19NO2/c1-19(2,3)22-18(21)16-12-8-7-11-15(16)17(13-20)14-9-5-4-6-10-14/h4-12,17H,1-3H3. The van der Waals surface area contributed by atoms with Crippen LogP contribution in [0.1, 0.15) is 48.2 Å². The molecule has 2 aromatic rings. The molecule has 22 heavy (non-hydrogen) atoms. The van der Waals surface area contributed by atoms with E-state index in [1.165, 1.54) is 0 Å². The Labute approximate surface area is 131 Å². The maximum Gasteiger partial charge on any atom is 0.338 e. The topological polar surface area (TPSA) is 50.1 Å². The number of hydrogen-bond donors (Lipinski definition) is 0. The lowest BCUT2D eigenvalue weighted by molar-refractivity contribution is 0.00683. The fourth-order valence-electron chi connectivity index (χ4n) is 2.24. The number of ether oxygens (including phenoxy) is 1. The molecule has 0 radical (unpaired) electrons. The number of esters is 1. The number of hydrogen-bond acceptors (Lipinski definition) is 3. The van der Waals surface area contributed by atoms with Crippen LogP contribution in [-0.4, -0.2) is 11.6 Å². The molecular formula is C19H19NO2. The first-order valence-corrected chi connectivity index (χ1v) is 7.19. The molecule has 0 aromatic heterocycles. The van der Waals surface area contributed by atoms with Crippen LogP contribution in [0.15, 0.2) is 54.6 Å². The Hall–Kier alpha value is -2.60. The molecule has 112 valence electrons. The molecule has 1 atom stereocenters. The van der Waals surface area contributed by atoms with Crippen LogP contribution in [0.2, 0.25) is 0 Å². The normalized spacial score (nSPS) is 12.3. The Kier molecular flexibility index (Phi) is 4.62. The van der Waals surface area contributed by atoms with Crippen LogP contribution in [-0.2, 0) is 4.74 Å². The second-order valence-corrected chi connectivity index (χ2v) is 6.06. The van der Waals surface area contributed by atoms with E-state index in [9.17, 15) is 10.1 Å². The molecule has 0 aliphatic rings. The summed E-state index contributed by atoms with van der Waals surface area (Å²) in [6.07, 6.45) is 0. The molecule has 0 aliphatic carbocycles. The van der Waals surface area contributed by atoms with Crippen LogP contribution in [0.4, 0.5) is 0 Å². The monoisotopic (exact) mass is 293 g/mol. The van der Waals surface area contributed by atoms with Crippen molar-refractivity contribution >= 4 is 5.97 Å². The van der Waals surface area contributed by atoms with Gasteiger partial charge in [0.25, 0.3) is 0 Å². The molecule has 0 amide bonds. The molecule has 3 heteroatoms. The summed E-state index contributed by atoms with van der Waals surface area (Å²) >= 11 is 0. The molecule has 2 rings (SSSR count). The fraction of sp³-hybridized carbons (Fsp3) is 0.263. The average molecular weight is 293 g/mol. The van der Waals surface area contributed by atoms with Crippen molar-refractivity contribution in [1.29, 1.82) is 5.26 Å². The van der Waals surface area contributed by atoms with Crippen molar-refractivity contribution < 1.29 is 9.53 Å². The minimum absolute atomic E-state index is 0.403. The van der Waals surface area contributed by atoms with Gasteiger partial charge in [-0.05, 0) is 38.0 Å². The number of nitrogens with zero attached hydrogens (tertiary/aromatic N) is 1. The van der Waals surface area contributed by atoms with E-state index in [2.05, 4.69) is 6.07 Å². The summed E-state index contributed by atoms with van der Waals surface area (Å²) in [6, 6.07) is 18.9. The minimum Gasteiger partial charge on any atom is -0.456 e. The highest BCUT2D eigenvalue weighted by Crippen LogP contribution is 2.28. The van der Waals surface area contributed by atoms with Gasteiger partial charge in [-0.3, -0.25) is 0 Å². The molecule has 2 aromatic carbocycles. The summed E-state index contributed by atoms with van der Waals surface area (Å²) in [4.78, 5) is 12.4. The van der Waals surface area contributed by atoms with Gasteiger partial charge in [0.05, 0.1) is 17.6 Å². The van der Waals surface area contributed by atoms with Crippen LogP contribution >= 0.6 is 0 Å². The summed E-state index contributed by atoms with van der Waals surface area (Å²) in [5.41, 5.74) is 1.40. The zero-order valence-electron chi connectivity index (χ0n) is 13.0. The van der Waals surface area contributed by atoms with E-state index in [4.69, 9.17) is 4.74 Å². The quantitative estimate of drug-likeness (QED) is 0.793. The average Bonchev–Trinajstić information content (AvgIpc) is 2.48. The lowest BCUT2D eigenvalue weighted by Crippen LogP contribution is -2.25. The van der Waals surface area contributed by atoms with Crippen molar-refractivity contribution in [3.05, 3.63) is 71.3 Å². The van der Waals surface area contributed by atoms with E-state index in [1.807, 2.05) is 57.2 Å². The predicted molar refractivity (Wildman–Crippen MR) is 85.5 cm³/mol. The Bertz CT molecular complexity index is 693. The highest BCUT2D eigenvalue weighted by Gasteiger charge is 2.24. The van der Waals surface area contributed by atoms with Crippen LogP contribution in [0.3, 0.4) is 0 Å². The van der Waals surface area contributed by atoms with Gasteiger partial charge in [-0.15, -0.1) is 0 Å². The number of rotatable bonds is 3. The van der Waals surface area contributed by atoms with E-state index in [-0.39, 0.29) is 0 Å². The zero-order chi connectivity index (χ0) is 16.2. The summed E-state index contributed by atoms with van der Waals surface area (Å²) in [5, 5.41) is 9.57. The smallest absolute Gasteiger partial charge is 0.338 e. The van der Waals surface area contributed by atoms with Gasteiger partial charge < -0.3 is 4.74 Å². The van der Waals surface area contributed by atoms with Crippen molar-refractivity contribution in [2.45, 2.75) is 32.3 Å². The number of carbonyl (C=O) groups is 1. The largest absolute Gasteiger partial charge is 0.456 e. The molecule has 0 N–H and O–H groups in total. The Morgan fingerprint density at radius 2 is 1.64 bits per heavy atom. The van der Waals surface area contributed by atoms with Crippen LogP contribution in [0, 0.1) is 11.3 Å². The zero-order valence-corrected chi connectivity index (χ0v) is 13.0. The molecule has 0 bridgehead atoms. The molecule has 0 fully saturated rings. The van der Waals surface area contributed by atoms with Crippen LogP contribution < -0.4 is 0 Å². The third-order valence-corrected chi connectivity index (χ3v) is 3.15. The van der Waals surface area contributed by atoms with Crippen molar-refractivity contribution in [1.82, 2.24) is 0 Å². The van der Waals surface area contributed by atoms with Crippen LogP contribution in [0.5, 0.6) is 0 Å². The maximum absolute atomic E-state index is 12.4. The van der Waals surface area contributed by atoms with Gasteiger partial charge in [-0.1, -0.05) is 48.5 Å². The molecule has 0 heterocycles. The molecule has 0 aliphatic heterocycles. The Balaban J connectivity index is 2.44. The van der Waals surface area contributed by atoms with E-state index < -0.39 is 17.5 Å². The second-order valence-electron chi connectivity index (χ2n) is 6.06. The van der Waals surface area contributed by atoms with Crippen molar-refractivity contribution in [3.63, 3.8) is 0 Å². The first kappa shape index (κ1) is 15.8. The minimum atomic E-state index is -0.570. The predicted octanol–water partition coefficient (Wildman–Crippen LogP) is 4.30. The third kappa shape index (κ3) is 3.73. The van der Waals surface area contributed by atoms with E-state index in [0.29, 0.717) is 11.1 Å². The summed E-state index contributed by atoms with van der Waals surface area (Å²) in [7, 11) is 0. The first-order chi connectivity index (χ1) is 10.4. The molecular weight excluding hydrogens is 274 g/mol. The summed E-state index contributed by atoms with van der Waals surface area (Å²) in [6.45, 7) is 5.48. The molecule has 1 unspecified atom stereocenters. The highest BCUT2D eigenvalue weighted by atomic mass is 16.6. The van der Waals surface area contributed by atoms with E-state index >= 15 is 0 Å². The summed E-state index contributed by atoms with van der Waals surface area (Å²) < 4.78 is 5.45. The van der Waals surface area contributed by atoms with Gasteiger partial charge in [0.15, 0.2) is 0 Å². The van der Waals surface area contributed by atoms with Crippen molar-refractivity contribution in [2.24, 2.45) is 0 Å². The van der Waals surface area contributed by atoms with E-state index in [0.717, 1.165) is 5.56 Å². The fourth-order valence-corrected chi connectivity index (χ4v) is 2.24. The highest BCUT2D eigenvalue weighted by molar-refractivity contribution is 5.92. The first-order valence-electron chi connectivity index (χ1n) is 7.19. The van der Waals surface area contributed by atoms with Gasteiger partial charge in [-0.25, -0.2) is 4.79 Å². The molecule has 0 spiro atoms. The second kappa shape index (κ2) is 6.44. The van der Waals surface area contributed by atoms with Gasteiger partial charge >= 0.3 is 5.97 Å². The Morgan fingerprint density at radius 3 is 2.23 bits per heavy atom. The molecule has 0 saturated heterocycles. The molecule has 0 saturated carbocycles. The van der Waals surface area contributed by atoms with Gasteiger partial charge in [0.2, 0.25) is 0 Å². The lowest BCUT2D eigenvalue weighted by atomic mass is 9.89. The third-order valence-electron chi connectivity index (χ3n) is 3.15. The maximum atomic E-state index is 12.4. The van der Waals surface area contributed by atoms with E-state index in [1.54, 1.807) is 18.2 Å². The van der Waals surface area contributed by atoms with Crippen LogP contribution in [0.25, 0.3) is 0 Å². The van der Waals surface area contributed by atoms with Crippen molar-refractivity contribution in [3.8, 4) is 6.07 Å². The van der Waals surface area contributed by atoms with Gasteiger partial charge in [0.1, 0.15) is 5.60 Å². The SMILES string of the molecule is CC(C)(C)OC(=O)c1ccccc1C(C#N)c1ccccc1. The number of nitriles is 1. The lowest BCUT2D eigenvalue weighted by Gasteiger charge is -2.21. The number of benzene rings is 2. The summed E-state index contributed by atoms with van der Waals surface area (Å²) in [5.74, 6) is -0.899. The number of carbonyl (C=O) groups excluding carboxylic acids is 1. The van der Waals surface area contributed by atoms with Gasteiger partial charge in [0, 0.05) is 0 Å². The Morgan fingerprint density at radius 1 is 1.05 bits per heavy atom. The van der Waals surface area contributed by atoms with Gasteiger partial charge in [-0.2, -0.15) is 5.26 Å². The molecule has 3 nitrogen and oxygen atoms in total. The van der Waals surface area contributed by atoms with Crippen molar-refractivity contribution in [2.75, 3.05) is 0 Å².